The molecule has 0 radical (unpaired) electrons. The summed E-state index contributed by atoms with van der Waals surface area (Å²) >= 11 is 0. The Morgan fingerprint density at radius 2 is 1.15 bits per heavy atom. The van der Waals surface area contributed by atoms with Crippen LogP contribution in [0.1, 0.15) is 98.5 Å². The van der Waals surface area contributed by atoms with Gasteiger partial charge in [0.1, 0.15) is 0 Å². The standard InChI is InChI=1S/C31H38F2O/c1-4-23-6-10-26(11-7-23)28-16-14-25(15-17-28)22(3)34-31(32,33)30-20-18-29(19-21-30)27-12-8-24(5-2)9-13-27/h4-5,14-24,26-27H,1-2,6-13H2,3H3. The Bertz CT molecular complexity index is 930. The molecule has 2 aromatic carbocycles. The van der Waals surface area contributed by atoms with Crippen molar-refractivity contribution >= 4 is 0 Å². The molecule has 2 aliphatic rings. The molecule has 2 aliphatic carbocycles. The summed E-state index contributed by atoms with van der Waals surface area (Å²) in [6, 6.07) is 14.8. The summed E-state index contributed by atoms with van der Waals surface area (Å²) in [7, 11) is 0. The lowest BCUT2D eigenvalue weighted by molar-refractivity contribution is -0.272. The third kappa shape index (κ3) is 5.86. The molecule has 4 rings (SSSR count). The Morgan fingerprint density at radius 1 is 0.735 bits per heavy atom. The van der Waals surface area contributed by atoms with Gasteiger partial charge in [0.2, 0.25) is 0 Å². The highest BCUT2D eigenvalue weighted by atomic mass is 19.3. The zero-order valence-corrected chi connectivity index (χ0v) is 20.4. The van der Waals surface area contributed by atoms with Crippen LogP contribution in [-0.4, -0.2) is 0 Å². The van der Waals surface area contributed by atoms with Crippen LogP contribution < -0.4 is 0 Å². The summed E-state index contributed by atoms with van der Waals surface area (Å²) in [4.78, 5) is 0. The Balaban J connectivity index is 1.35. The number of hydrogen-bond donors (Lipinski definition) is 0. The highest BCUT2D eigenvalue weighted by molar-refractivity contribution is 5.29. The van der Waals surface area contributed by atoms with Crippen LogP contribution >= 0.6 is 0 Å². The first-order chi connectivity index (χ1) is 16.4. The molecule has 34 heavy (non-hydrogen) atoms. The fourth-order valence-electron chi connectivity index (χ4n) is 5.72. The van der Waals surface area contributed by atoms with Crippen molar-refractivity contribution in [2.24, 2.45) is 11.8 Å². The van der Waals surface area contributed by atoms with Crippen LogP contribution in [0.4, 0.5) is 8.78 Å². The predicted octanol–water partition coefficient (Wildman–Crippen LogP) is 9.43. The fraction of sp³-hybridized carbons (Fsp3) is 0.484. The largest absolute Gasteiger partial charge is 0.383 e. The van der Waals surface area contributed by atoms with E-state index < -0.39 is 12.2 Å². The van der Waals surface area contributed by atoms with E-state index in [1.807, 2.05) is 30.3 Å². The van der Waals surface area contributed by atoms with Gasteiger partial charge in [-0.25, -0.2) is 0 Å². The fourth-order valence-corrected chi connectivity index (χ4v) is 5.72. The lowest BCUT2D eigenvalue weighted by Crippen LogP contribution is -2.20. The van der Waals surface area contributed by atoms with Crippen molar-refractivity contribution in [3.63, 3.8) is 0 Å². The lowest BCUT2D eigenvalue weighted by atomic mass is 9.78. The van der Waals surface area contributed by atoms with E-state index in [9.17, 15) is 8.78 Å². The average molecular weight is 465 g/mol. The summed E-state index contributed by atoms with van der Waals surface area (Å²) < 4.78 is 35.2. The maximum absolute atomic E-state index is 15.0. The van der Waals surface area contributed by atoms with Crippen molar-refractivity contribution in [2.45, 2.75) is 82.3 Å². The average Bonchev–Trinajstić information content (AvgIpc) is 2.89. The molecule has 0 bridgehead atoms. The monoisotopic (exact) mass is 464 g/mol. The van der Waals surface area contributed by atoms with Crippen LogP contribution in [0.5, 0.6) is 0 Å². The van der Waals surface area contributed by atoms with Gasteiger partial charge in [0.05, 0.1) is 11.7 Å². The van der Waals surface area contributed by atoms with Crippen LogP contribution in [-0.2, 0) is 10.8 Å². The normalized spacial score (nSPS) is 26.6. The van der Waals surface area contributed by atoms with Gasteiger partial charge in [0.15, 0.2) is 0 Å². The third-order valence-corrected chi connectivity index (χ3v) is 8.13. The molecule has 0 amide bonds. The highest BCUT2D eigenvalue weighted by Gasteiger charge is 2.35. The molecule has 0 spiro atoms. The van der Waals surface area contributed by atoms with E-state index in [1.54, 1.807) is 6.92 Å². The van der Waals surface area contributed by atoms with Crippen LogP contribution in [0.25, 0.3) is 0 Å². The van der Waals surface area contributed by atoms with Crippen molar-refractivity contribution in [3.05, 3.63) is 96.1 Å². The van der Waals surface area contributed by atoms with Gasteiger partial charge in [0.25, 0.3) is 0 Å². The van der Waals surface area contributed by atoms with Crippen LogP contribution in [0.3, 0.4) is 0 Å². The predicted molar refractivity (Wildman–Crippen MR) is 136 cm³/mol. The number of hydrogen-bond acceptors (Lipinski definition) is 1. The molecule has 0 aliphatic heterocycles. The SMILES string of the molecule is C=CC1CCC(c2ccc(C(C)OC(F)(F)c3ccc(C4CCC(C=C)CC4)cc3)cc2)CC1. The molecule has 0 saturated heterocycles. The van der Waals surface area contributed by atoms with Gasteiger partial charge in [-0.1, -0.05) is 60.7 Å². The van der Waals surface area contributed by atoms with E-state index in [1.165, 1.54) is 30.5 Å². The second kappa shape index (κ2) is 11.0. The van der Waals surface area contributed by atoms with E-state index in [-0.39, 0.29) is 5.56 Å². The topological polar surface area (TPSA) is 9.23 Å². The highest BCUT2D eigenvalue weighted by Crippen LogP contribution is 2.40. The molecule has 0 N–H and O–H groups in total. The van der Waals surface area contributed by atoms with Crippen molar-refractivity contribution < 1.29 is 13.5 Å². The minimum atomic E-state index is -3.33. The maximum Gasteiger partial charge on any atom is 0.383 e. The first-order valence-electron chi connectivity index (χ1n) is 12.9. The second-order valence-corrected chi connectivity index (χ2v) is 10.3. The van der Waals surface area contributed by atoms with Crippen LogP contribution in [0, 0.1) is 11.8 Å². The van der Waals surface area contributed by atoms with Crippen LogP contribution in [0.15, 0.2) is 73.8 Å². The molecule has 2 saturated carbocycles. The number of alkyl halides is 2. The van der Waals surface area contributed by atoms with E-state index in [0.29, 0.717) is 23.7 Å². The molecule has 1 atom stereocenters. The zero-order valence-electron chi connectivity index (χ0n) is 20.4. The summed E-state index contributed by atoms with van der Waals surface area (Å²) in [5.74, 6) is 2.22. The first kappa shape index (κ1) is 24.9. The molecular weight excluding hydrogens is 426 g/mol. The summed E-state index contributed by atoms with van der Waals surface area (Å²) in [5, 5.41) is 0. The third-order valence-electron chi connectivity index (χ3n) is 8.13. The second-order valence-electron chi connectivity index (χ2n) is 10.3. The first-order valence-corrected chi connectivity index (χ1v) is 12.9. The number of benzene rings is 2. The molecule has 0 aromatic heterocycles. The zero-order chi connectivity index (χ0) is 24.1. The molecule has 1 unspecified atom stereocenters. The van der Waals surface area contributed by atoms with Gasteiger partial charge >= 0.3 is 6.11 Å². The number of allylic oxidation sites excluding steroid dienone is 2. The van der Waals surface area contributed by atoms with Gasteiger partial charge < -0.3 is 4.74 Å². The maximum atomic E-state index is 15.0. The Morgan fingerprint density at radius 3 is 1.56 bits per heavy atom. The lowest BCUT2D eigenvalue weighted by Gasteiger charge is -2.28. The van der Waals surface area contributed by atoms with Gasteiger partial charge in [-0.15, -0.1) is 13.2 Å². The van der Waals surface area contributed by atoms with Crippen molar-refractivity contribution in [1.82, 2.24) is 0 Å². The quantitative estimate of drug-likeness (QED) is 0.354. The summed E-state index contributed by atoms with van der Waals surface area (Å²) in [5.41, 5.74) is 3.13. The molecule has 2 aromatic rings. The minimum absolute atomic E-state index is 0.0847. The van der Waals surface area contributed by atoms with Gasteiger partial charge in [-0.3, -0.25) is 0 Å². The van der Waals surface area contributed by atoms with Crippen molar-refractivity contribution in [1.29, 1.82) is 0 Å². The minimum Gasteiger partial charge on any atom is -0.309 e. The Kier molecular flexibility index (Phi) is 8.03. The summed E-state index contributed by atoms with van der Waals surface area (Å²) in [6.45, 7) is 9.51. The van der Waals surface area contributed by atoms with Crippen LogP contribution in [0.2, 0.25) is 0 Å². The Hall–Kier alpha value is -2.26. The molecule has 0 heterocycles. The van der Waals surface area contributed by atoms with Gasteiger partial charge in [-0.2, -0.15) is 8.78 Å². The van der Waals surface area contributed by atoms with E-state index >= 15 is 0 Å². The summed E-state index contributed by atoms with van der Waals surface area (Å²) in [6.07, 6.45) is 9.18. The smallest absolute Gasteiger partial charge is 0.309 e. The van der Waals surface area contributed by atoms with E-state index in [0.717, 1.165) is 49.7 Å². The Labute approximate surface area is 203 Å². The van der Waals surface area contributed by atoms with E-state index in [2.05, 4.69) is 31.4 Å². The van der Waals surface area contributed by atoms with Gasteiger partial charge in [-0.05, 0) is 98.7 Å². The van der Waals surface area contributed by atoms with Crippen molar-refractivity contribution in [3.8, 4) is 0 Å². The number of ether oxygens (including phenoxy) is 1. The number of halogens is 2. The van der Waals surface area contributed by atoms with E-state index in [4.69, 9.17) is 4.74 Å². The van der Waals surface area contributed by atoms with Crippen molar-refractivity contribution in [2.75, 3.05) is 0 Å². The molecule has 1 nitrogen and oxygen atoms in total. The van der Waals surface area contributed by atoms with Gasteiger partial charge in [0, 0.05) is 0 Å². The molecular formula is C31H38F2O. The molecule has 2 fully saturated rings. The molecule has 182 valence electrons. The number of rotatable bonds is 8. The molecule has 3 heteroatoms.